The fourth-order valence-electron chi connectivity index (χ4n) is 3.15. The van der Waals surface area contributed by atoms with Crippen molar-refractivity contribution in [3.63, 3.8) is 0 Å². The van der Waals surface area contributed by atoms with Gasteiger partial charge >= 0.3 is 13.1 Å². The zero-order valence-corrected chi connectivity index (χ0v) is 19.5. The summed E-state index contributed by atoms with van der Waals surface area (Å²) in [6, 6.07) is 0. The van der Waals surface area contributed by atoms with Gasteiger partial charge in [0, 0.05) is 12.4 Å². The molecule has 0 spiro atoms. The summed E-state index contributed by atoms with van der Waals surface area (Å²) in [5, 5.41) is 0. The average Bonchev–Trinajstić information content (AvgIpc) is 2.63. The lowest BCUT2D eigenvalue weighted by atomic mass is 9.79. The van der Waals surface area contributed by atoms with Crippen molar-refractivity contribution in [3.8, 4) is 0 Å². The molecular weight excluding hydrogens is 347 g/mol. The Morgan fingerprint density at radius 1 is 1.12 bits per heavy atom. The van der Waals surface area contributed by atoms with Crippen LogP contribution in [-0.4, -0.2) is 45.8 Å². The molecule has 1 heterocycles. The van der Waals surface area contributed by atoms with Gasteiger partial charge in [-0.25, -0.2) is 0 Å². The van der Waals surface area contributed by atoms with E-state index in [4.69, 9.17) is 18.5 Å². The zero-order chi connectivity index (χ0) is 20.4. The molecule has 1 rings (SSSR count). The van der Waals surface area contributed by atoms with Gasteiger partial charge in [-0.2, -0.15) is 0 Å². The van der Waals surface area contributed by atoms with E-state index in [-0.39, 0.29) is 30.4 Å². The summed E-state index contributed by atoms with van der Waals surface area (Å²) in [5.41, 5.74) is -1.12. The molecule has 0 aromatic rings. The Morgan fingerprint density at radius 3 is 2.04 bits per heavy atom. The average molecular weight is 386 g/mol. The Hall–Kier alpha value is -0.368. The number of ether oxygens (including phenoxy) is 1. The summed E-state index contributed by atoms with van der Waals surface area (Å²) < 4.78 is 23.6. The number of rotatable bonds is 9. The van der Waals surface area contributed by atoms with Gasteiger partial charge in [-0.15, -0.1) is 0 Å². The largest absolute Gasteiger partial charge is 0.469 e. The van der Waals surface area contributed by atoms with Crippen molar-refractivity contribution in [3.05, 3.63) is 0 Å². The predicted molar refractivity (Wildman–Crippen MR) is 109 cm³/mol. The van der Waals surface area contributed by atoms with E-state index in [0.29, 0.717) is 0 Å². The minimum atomic E-state index is -1.69. The molecule has 7 heteroatoms. The molecular formula is C19H39BO5Si. The monoisotopic (exact) mass is 386 g/mol. The van der Waals surface area contributed by atoms with Crippen LogP contribution in [0.3, 0.4) is 0 Å². The van der Waals surface area contributed by atoms with Crippen LogP contribution >= 0.6 is 0 Å². The lowest BCUT2D eigenvalue weighted by molar-refractivity contribution is -0.151. The minimum absolute atomic E-state index is 0.0739. The Balaban J connectivity index is 2.68. The van der Waals surface area contributed by atoms with Crippen LogP contribution in [0.2, 0.25) is 26.0 Å². The van der Waals surface area contributed by atoms with Gasteiger partial charge in [0.05, 0.1) is 23.7 Å². The summed E-state index contributed by atoms with van der Waals surface area (Å²) in [5.74, 6) is -0.161. The maximum absolute atomic E-state index is 11.9. The molecule has 0 aromatic heterocycles. The number of hydrogen-bond acceptors (Lipinski definition) is 5. The minimum Gasteiger partial charge on any atom is -0.469 e. The third kappa shape index (κ3) is 6.66. The highest BCUT2D eigenvalue weighted by molar-refractivity contribution is 6.69. The van der Waals surface area contributed by atoms with Crippen molar-refractivity contribution in [2.45, 2.75) is 104 Å². The Bertz CT molecular complexity index is 469. The van der Waals surface area contributed by atoms with E-state index in [2.05, 4.69) is 47.3 Å². The van der Waals surface area contributed by atoms with Crippen molar-refractivity contribution in [2.75, 3.05) is 7.11 Å². The highest BCUT2D eigenvalue weighted by Gasteiger charge is 2.51. The van der Waals surface area contributed by atoms with Crippen molar-refractivity contribution in [1.29, 1.82) is 0 Å². The third-order valence-corrected chi connectivity index (χ3v) is 6.38. The molecule has 1 aliphatic heterocycles. The molecule has 26 heavy (non-hydrogen) atoms. The second-order valence-electron chi connectivity index (χ2n) is 10.0. The standard InChI is InChI=1S/C19H39BO5Si/c1-17(2,16(21)22-7)13-11-12-15(23-26(8,9)10)14-20-24-18(3,4)19(5,6)25-20/h15H,11-14H2,1-10H3. The third-order valence-electron chi connectivity index (χ3n) is 5.34. The van der Waals surface area contributed by atoms with Gasteiger partial charge in [-0.1, -0.05) is 0 Å². The molecule has 1 unspecified atom stereocenters. The fourth-order valence-corrected chi connectivity index (χ4v) is 4.36. The Labute approximate surface area is 161 Å². The second-order valence-corrected chi connectivity index (χ2v) is 14.5. The van der Waals surface area contributed by atoms with E-state index in [0.717, 1.165) is 25.6 Å². The number of methoxy groups -OCH3 is 1. The summed E-state index contributed by atoms with van der Waals surface area (Å²) >= 11 is 0. The summed E-state index contributed by atoms with van der Waals surface area (Å²) in [6.45, 7) is 18.7. The van der Waals surface area contributed by atoms with Crippen LogP contribution in [0.1, 0.15) is 60.8 Å². The summed E-state index contributed by atoms with van der Waals surface area (Å²) in [7, 11) is -0.502. The van der Waals surface area contributed by atoms with Gasteiger partial charge in [0.1, 0.15) is 0 Å². The Morgan fingerprint density at radius 2 is 1.62 bits per heavy atom. The first-order chi connectivity index (χ1) is 11.6. The van der Waals surface area contributed by atoms with E-state index in [1.54, 1.807) is 0 Å². The number of hydrogen-bond donors (Lipinski definition) is 0. The van der Waals surface area contributed by atoms with Crippen molar-refractivity contribution >= 4 is 21.4 Å². The number of esters is 1. The van der Waals surface area contributed by atoms with Crippen LogP contribution in [0.25, 0.3) is 0 Å². The van der Waals surface area contributed by atoms with E-state index in [9.17, 15) is 4.79 Å². The van der Waals surface area contributed by atoms with E-state index < -0.39 is 13.7 Å². The quantitative estimate of drug-likeness (QED) is 0.426. The van der Waals surface area contributed by atoms with Crippen LogP contribution in [0.5, 0.6) is 0 Å². The lowest BCUT2D eigenvalue weighted by Gasteiger charge is -2.32. The van der Waals surface area contributed by atoms with Crippen LogP contribution in [-0.2, 0) is 23.3 Å². The fraction of sp³-hybridized carbons (Fsp3) is 0.947. The number of carbonyl (C=O) groups is 1. The van der Waals surface area contributed by atoms with Gasteiger partial charge in [-0.05, 0) is 80.4 Å². The molecule has 1 aliphatic rings. The first-order valence-electron chi connectivity index (χ1n) is 9.71. The lowest BCUT2D eigenvalue weighted by Crippen LogP contribution is -2.41. The SMILES string of the molecule is COC(=O)C(C)(C)CCCC(CB1OC(C)(C)C(C)(C)O1)O[Si](C)(C)C. The van der Waals surface area contributed by atoms with Crippen molar-refractivity contribution in [1.82, 2.24) is 0 Å². The Kier molecular flexibility index (Phi) is 7.59. The summed E-state index contributed by atoms with van der Waals surface area (Å²) in [4.78, 5) is 11.9. The molecule has 152 valence electrons. The molecule has 0 bridgehead atoms. The molecule has 0 amide bonds. The van der Waals surface area contributed by atoms with Crippen molar-refractivity contribution < 1.29 is 23.3 Å². The second kappa shape index (κ2) is 8.33. The summed E-state index contributed by atoms with van der Waals surface area (Å²) in [6.07, 6.45) is 3.35. The van der Waals surface area contributed by atoms with Crippen LogP contribution < -0.4 is 0 Å². The van der Waals surface area contributed by atoms with E-state index in [1.165, 1.54) is 7.11 Å². The molecule has 0 N–H and O–H groups in total. The maximum Gasteiger partial charge on any atom is 0.460 e. The van der Waals surface area contributed by atoms with Gasteiger partial charge in [0.15, 0.2) is 8.32 Å². The molecule has 1 atom stereocenters. The van der Waals surface area contributed by atoms with Gasteiger partial charge < -0.3 is 18.5 Å². The van der Waals surface area contributed by atoms with Gasteiger partial charge in [-0.3, -0.25) is 4.79 Å². The highest BCUT2D eigenvalue weighted by atomic mass is 28.4. The first-order valence-corrected chi connectivity index (χ1v) is 13.1. The van der Waals surface area contributed by atoms with Crippen LogP contribution in [0.15, 0.2) is 0 Å². The smallest absolute Gasteiger partial charge is 0.460 e. The van der Waals surface area contributed by atoms with E-state index >= 15 is 0 Å². The van der Waals surface area contributed by atoms with Crippen molar-refractivity contribution in [2.24, 2.45) is 5.41 Å². The molecule has 0 aromatic carbocycles. The normalized spacial score (nSPS) is 20.9. The molecule has 0 saturated carbocycles. The predicted octanol–water partition coefficient (Wildman–Crippen LogP) is 4.67. The van der Waals surface area contributed by atoms with Crippen LogP contribution in [0, 0.1) is 5.41 Å². The maximum atomic E-state index is 11.9. The first kappa shape index (κ1) is 23.7. The zero-order valence-electron chi connectivity index (χ0n) is 18.5. The molecule has 1 saturated heterocycles. The van der Waals surface area contributed by atoms with E-state index in [1.807, 2.05) is 13.8 Å². The number of carbonyl (C=O) groups excluding carboxylic acids is 1. The van der Waals surface area contributed by atoms with Gasteiger partial charge in [0.2, 0.25) is 0 Å². The molecule has 5 nitrogen and oxygen atoms in total. The highest BCUT2D eigenvalue weighted by Crippen LogP contribution is 2.39. The van der Waals surface area contributed by atoms with Gasteiger partial charge in [0.25, 0.3) is 0 Å². The molecule has 0 aliphatic carbocycles. The topological polar surface area (TPSA) is 54.0 Å². The molecule has 1 fully saturated rings. The molecule has 0 radical (unpaired) electrons. The van der Waals surface area contributed by atoms with Crippen LogP contribution in [0.4, 0.5) is 0 Å².